The molecule has 0 radical (unpaired) electrons. The summed E-state index contributed by atoms with van der Waals surface area (Å²) in [6.45, 7) is 4.96. The number of ether oxygens (including phenoxy) is 1. The molecule has 1 rings (SSSR count). The van der Waals surface area contributed by atoms with Gasteiger partial charge in [-0.2, -0.15) is 5.10 Å². The zero-order chi connectivity index (χ0) is 15.0. The van der Waals surface area contributed by atoms with E-state index in [9.17, 15) is 4.79 Å². The molecule has 0 spiro atoms. The number of aromatic nitrogens is 1. The summed E-state index contributed by atoms with van der Waals surface area (Å²) in [5.41, 5.74) is 8.21. The van der Waals surface area contributed by atoms with E-state index in [-0.39, 0.29) is 5.11 Å². The molecule has 3 N–H and O–H groups in total. The summed E-state index contributed by atoms with van der Waals surface area (Å²) < 4.78 is 5.18. The van der Waals surface area contributed by atoms with Gasteiger partial charge in [0.05, 0.1) is 18.1 Å². The number of thiocarbonyl (C=S) groups is 1. The Hall–Kier alpha value is -2.22. The number of rotatable bonds is 5. The van der Waals surface area contributed by atoms with Crippen LogP contribution in [-0.2, 0) is 0 Å². The lowest BCUT2D eigenvalue weighted by Gasteiger charge is -2.17. The van der Waals surface area contributed by atoms with Crippen molar-refractivity contribution >= 4 is 29.6 Å². The van der Waals surface area contributed by atoms with E-state index in [4.69, 9.17) is 10.5 Å². The van der Waals surface area contributed by atoms with Crippen LogP contribution in [0.25, 0.3) is 0 Å². The van der Waals surface area contributed by atoms with Crippen LogP contribution < -0.4 is 15.9 Å². The molecule has 0 saturated heterocycles. The van der Waals surface area contributed by atoms with Gasteiger partial charge < -0.3 is 15.4 Å². The first-order valence-electron chi connectivity index (χ1n) is 6.08. The maximum atomic E-state index is 11.7. The molecule has 0 fully saturated rings. The van der Waals surface area contributed by atoms with E-state index < -0.39 is 6.09 Å². The molecule has 1 amide bonds. The van der Waals surface area contributed by atoms with Crippen molar-refractivity contribution in [1.82, 2.24) is 15.3 Å². The van der Waals surface area contributed by atoms with Gasteiger partial charge in [0.1, 0.15) is 0 Å². The van der Waals surface area contributed by atoms with Crippen molar-refractivity contribution in [2.75, 3.05) is 13.1 Å². The molecule has 8 heteroatoms. The lowest BCUT2D eigenvalue weighted by molar-refractivity contribution is 0.157. The van der Waals surface area contributed by atoms with Crippen molar-refractivity contribution in [1.29, 1.82) is 0 Å². The van der Waals surface area contributed by atoms with Crippen LogP contribution in [-0.4, -0.2) is 40.4 Å². The Balaban J connectivity index is 2.60. The average Bonchev–Trinajstić information content (AvgIpc) is 2.42. The second-order valence-electron chi connectivity index (χ2n) is 3.69. The number of nitrogens with one attached hydrogen (secondary N) is 1. The third-order valence-electron chi connectivity index (χ3n) is 2.36. The molecule has 7 nitrogen and oxygen atoms in total. The van der Waals surface area contributed by atoms with E-state index in [2.05, 4.69) is 27.7 Å². The summed E-state index contributed by atoms with van der Waals surface area (Å²) in [6, 6.07) is 3.30. The van der Waals surface area contributed by atoms with Crippen LogP contribution in [0.4, 0.5) is 4.79 Å². The zero-order valence-electron chi connectivity index (χ0n) is 11.4. The fourth-order valence-electron chi connectivity index (χ4n) is 1.34. The summed E-state index contributed by atoms with van der Waals surface area (Å²) in [4.78, 5) is 17.4. The predicted octanol–water partition coefficient (Wildman–Crippen LogP) is 1.09. The van der Waals surface area contributed by atoms with E-state index in [0.29, 0.717) is 24.5 Å². The first-order chi connectivity index (χ1) is 9.56. The van der Waals surface area contributed by atoms with E-state index >= 15 is 0 Å². The highest BCUT2D eigenvalue weighted by atomic mass is 32.1. The SMILES string of the molecule is CCN(CC)C(=O)Oc1ccc(/C=N/NC(N)=S)nc1. The van der Waals surface area contributed by atoms with Crippen LogP contribution in [0.5, 0.6) is 5.75 Å². The monoisotopic (exact) mass is 295 g/mol. The topological polar surface area (TPSA) is 92.8 Å². The Morgan fingerprint density at radius 1 is 1.55 bits per heavy atom. The maximum absolute atomic E-state index is 11.7. The van der Waals surface area contributed by atoms with Gasteiger partial charge in [-0.15, -0.1) is 0 Å². The van der Waals surface area contributed by atoms with Crippen LogP contribution in [0.3, 0.4) is 0 Å². The molecule has 1 aromatic heterocycles. The van der Waals surface area contributed by atoms with Gasteiger partial charge in [0.2, 0.25) is 0 Å². The fraction of sp³-hybridized carbons (Fsp3) is 0.333. The summed E-state index contributed by atoms with van der Waals surface area (Å²) in [6.07, 6.45) is 2.51. The molecule has 1 heterocycles. The smallest absolute Gasteiger partial charge is 0.409 e. The van der Waals surface area contributed by atoms with E-state index in [1.165, 1.54) is 12.4 Å². The molecule has 0 saturated carbocycles. The highest BCUT2D eigenvalue weighted by Gasteiger charge is 2.11. The molecule has 0 unspecified atom stereocenters. The third kappa shape index (κ3) is 5.19. The zero-order valence-corrected chi connectivity index (χ0v) is 12.2. The van der Waals surface area contributed by atoms with Crippen LogP contribution in [0.1, 0.15) is 19.5 Å². The Kier molecular flexibility index (Phi) is 6.38. The number of hydrogen-bond acceptors (Lipinski definition) is 5. The Bertz CT molecular complexity index is 485. The normalized spacial score (nSPS) is 10.3. The number of hydrazone groups is 1. The Morgan fingerprint density at radius 2 is 2.25 bits per heavy atom. The van der Waals surface area contributed by atoms with Gasteiger partial charge in [0.15, 0.2) is 10.9 Å². The number of carbonyl (C=O) groups excluding carboxylic acids is 1. The number of nitrogens with zero attached hydrogens (tertiary/aromatic N) is 3. The van der Waals surface area contributed by atoms with Crippen LogP contribution in [0.15, 0.2) is 23.4 Å². The van der Waals surface area contributed by atoms with Gasteiger partial charge in [-0.05, 0) is 38.2 Å². The van der Waals surface area contributed by atoms with Crippen LogP contribution >= 0.6 is 12.2 Å². The minimum atomic E-state index is -0.395. The van der Waals surface area contributed by atoms with Crippen molar-refractivity contribution in [2.45, 2.75) is 13.8 Å². The van der Waals surface area contributed by atoms with Gasteiger partial charge in [-0.25, -0.2) is 4.79 Å². The Labute approximate surface area is 122 Å². The fourth-order valence-corrected chi connectivity index (χ4v) is 1.39. The molecular formula is C12H17N5O2S. The highest BCUT2D eigenvalue weighted by Crippen LogP contribution is 2.10. The van der Waals surface area contributed by atoms with Gasteiger partial charge in [0.25, 0.3) is 0 Å². The van der Waals surface area contributed by atoms with E-state index in [1.54, 1.807) is 17.0 Å². The number of pyridine rings is 1. The van der Waals surface area contributed by atoms with Gasteiger partial charge >= 0.3 is 6.09 Å². The minimum absolute atomic E-state index is 0.0750. The van der Waals surface area contributed by atoms with Crippen molar-refractivity contribution in [3.8, 4) is 5.75 Å². The second kappa shape index (κ2) is 8.05. The predicted molar refractivity (Wildman–Crippen MR) is 80.7 cm³/mol. The molecule has 0 atom stereocenters. The van der Waals surface area contributed by atoms with Crippen LogP contribution in [0.2, 0.25) is 0 Å². The van der Waals surface area contributed by atoms with Crippen molar-refractivity contribution in [2.24, 2.45) is 10.8 Å². The first kappa shape index (κ1) is 15.8. The lowest BCUT2D eigenvalue weighted by atomic mass is 10.3. The summed E-state index contributed by atoms with van der Waals surface area (Å²) in [5.74, 6) is 0.376. The molecule has 1 aromatic rings. The van der Waals surface area contributed by atoms with E-state index in [0.717, 1.165) is 0 Å². The minimum Gasteiger partial charge on any atom is -0.409 e. The molecule has 20 heavy (non-hydrogen) atoms. The average molecular weight is 295 g/mol. The third-order valence-corrected chi connectivity index (χ3v) is 2.45. The number of nitrogens with two attached hydrogens (primary N) is 1. The van der Waals surface area contributed by atoms with Gasteiger partial charge in [-0.3, -0.25) is 10.4 Å². The number of hydrogen-bond donors (Lipinski definition) is 2. The van der Waals surface area contributed by atoms with Gasteiger partial charge in [0, 0.05) is 13.1 Å². The highest BCUT2D eigenvalue weighted by molar-refractivity contribution is 7.80. The quantitative estimate of drug-likeness (QED) is 0.480. The Morgan fingerprint density at radius 3 is 2.75 bits per heavy atom. The molecule has 0 aromatic carbocycles. The van der Waals surface area contributed by atoms with Crippen molar-refractivity contribution < 1.29 is 9.53 Å². The van der Waals surface area contributed by atoms with Crippen molar-refractivity contribution in [3.05, 3.63) is 24.0 Å². The van der Waals surface area contributed by atoms with E-state index in [1.807, 2.05) is 13.8 Å². The molecule has 108 valence electrons. The lowest BCUT2D eigenvalue weighted by Crippen LogP contribution is -2.33. The van der Waals surface area contributed by atoms with Crippen LogP contribution in [0, 0.1) is 0 Å². The largest absolute Gasteiger partial charge is 0.415 e. The maximum Gasteiger partial charge on any atom is 0.415 e. The molecule has 0 aliphatic rings. The van der Waals surface area contributed by atoms with Gasteiger partial charge in [-0.1, -0.05) is 0 Å². The van der Waals surface area contributed by atoms with Crippen molar-refractivity contribution in [3.63, 3.8) is 0 Å². The summed E-state index contributed by atoms with van der Waals surface area (Å²) >= 11 is 4.60. The molecule has 0 bridgehead atoms. The molecule has 0 aliphatic carbocycles. The summed E-state index contributed by atoms with van der Waals surface area (Å²) in [7, 11) is 0. The summed E-state index contributed by atoms with van der Waals surface area (Å²) in [5, 5.41) is 3.84. The number of carbonyl (C=O) groups is 1. The molecule has 0 aliphatic heterocycles. The first-order valence-corrected chi connectivity index (χ1v) is 6.49. The second-order valence-corrected chi connectivity index (χ2v) is 4.13. The number of amides is 1. The standard InChI is InChI=1S/C12H17N5O2S/c1-3-17(4-2)12(18)19-10-6-5-9(14-8-10)7-15-16-11(13)20/h5-8H,3-4H2,1-2H3,(H3,13,16,20)/b15-7+. The molecular weight excluding hydrogens is 278 g/mol.